The van der Waals surface area contributed by atoms with Crippen molar-refractivity contribution in [3.8, 4) is 0 Å². The first-order valence-corrected chi connectivity index (χ1v) is 5.91. The highest BCUT2D eigenvalue weighted by Crippen LogP contribution is 2.36. The van der Waals surface area contributed by atoms with E-state index in [1.54, 1.807) is 12.1 Å². The minimum absolute atomic E-state index is 0.0928. The van der Waals surface area contributed by atoms with Gasteiger partial charge < -0.3 is 14.2 Å². The summed E-state index contributed by atoms with van der Waals surface area (Å²) < 4.78 is 56.6. The molecule has 1 aromatic carbocycles. The van der Waals surface area contributed by atoms with Crippen LogP contribution in [0.2, 0.25) is 0 Å². The Hall–Kier alpha value is -0.995. The third-order valence-corrected chi connectivity index (χ3v) is 3.68. The van der Waals surface area contributed by atoms with E-state index in [0.29, 0.717) is 10.4 Å². The number of anilines is 1. The van der Waals surface area contributed by atoms with Crippen molar-refractivity contribution in [2.24, 2.45) is 0 Å². The molecule has 98 valence electrons. The van der Waals surface area contributed by atoms with Crippen molar-refractivity contribution in [2.45, 2.75) is 38.9 Å². The summed E-state index contributed by atoms with van der Waals surface area (Å²) in [5.41, 5.74) is -0.178. The van der Waals surface area contributed by atoms with E-state index in [1.165, 1.54) is 12.1 Å². The van der Waals surface area contributed by atoms with Gasteiger partial charge >= 0.3 is 7.12 Å². The van der Waals surface area contributed by atoms with Crippen LogP contribution in [0.4, 0.5) is 5.69 Å². The molecule has 0 radical (unpaired) electrons. The summed E-state index contributed by atoms with van der Waals surface area (Å²) in [5, 5.41) is 0. The topological polar surface area (TPSA) is 21.7 Å². The van der Waals surface area contributed by atoms with Gasteiger partial charge in [-0.2, -0.15) is 0 Å². The third kappa shape index (κ3) is 2.27. The summed E-state index contributed by atoms with van der Waals surface area (Å²) >= 11 is 0. The van der Waals surface area contributed by atoms with E-state index >= 15 is 0 Å². The van der Waals surface area contributed by atoms with Crippen LogP contribution in [0.15, 0.2) is 24.3 Å². The second-order valence-corrected chi connectivity index (χ2v) is 5.52. The zero-order valence-corrected chi connectivity index (χ0v) is 11.2. The van der Waals surface area contributed by atoms with Crippen LogP contribution in [0.25, 0.3) is 0 Å². The highest BCUT2D eigenvalue weighted by Gasteiger charge is 2.51. The molecule has 0 spiro atoms. The van der Waals surface area contributed by atoms with Crippen LogP contribution in [0.1, 0.15) is 35.9 Å². The van der Waals surface area contributed by atoms with Crippen molar-refractivity contribution < 1.29 is 17.5 Å². The number of rotatable bonds is 2. The van der Waals surface area contributed by atoms with Crippen LogP contribution in [0, 0.1) is 0 Å². The number of nitrogens with zero attached hydrogens (tertiary/aromatic N) is 1. The third-order valence-electron chi connectivity index (χ3n) is 3.68. The van der Waals surface area contributed by atoms with Gasteiger partial charge in [0, 0.05) is 27.9 Å². The quantitative estimate of drug-likeness (QED) is 0.595. The number of hydrogen-bond donors (Lipinski definition) is 0. The molecule has 1 aliphatic heterocycles. The Labute approximate surface area is 119 Å². The fourth-order valence-corrected chi connectivity index (χ4v) is 1.76. The molecule has 1 aliphatic rings. The lowest BCUT2D eigenvalue weighted by molar-refractivity contribution is 0.00578. The average Bonchev–Trinajstić information content (AvgIpc) is 2.55. The highest BCUT2D eigenvalue weighted by atomic mass is 16.7. The first-order chi connectivity index (χ1) is 10.7. The average molecular weight is 254 g/mol. The summed E-state index contributed by atoms with van der Waals surface area (Å²) in [5.74, 6) is 0. The van der Waals surface area contributed by atoms with Crippen LogP contribution < -0.4 is 10.4 Å². The van der Waals surface area contributed by atoms with Gasteiger partial charge in [0.25, 0.3) is 0 Å². The van der Waals surface area contributed by atoms with Crippen LogP contribution in [-0.2, 0) is 9.31 Å². The van der Waals surface area contributed by atoms with Crippen molar-refractivity contribution >= 4 is 18.3 Å². The van der Waals surface area contributed by atoms with E-state index in [-0.39, 0.29) is 5.69 Å². The number of benzene rings is 1. The summed E-state index contributed by atoms with van der Waals surface area (Å²) in [6.45, 7) is 2.21. The lowest BCUT2D eigenvalue weighted by atomic mass is 9.79. The SMILES string of the molecule is [2H]C([2H])([2H])[15N](c1ccc(B2OC(C)(C)C(C)(C)O2)cc1)C([2H])([2H])[2H]. The van der Waals surface area contributed by atoms with Crippen molar-refractivity contribution in [2.75, 3.05) is 18.9 Å². The van der Waals surface area contributed by atoms with Gasteiger partial charge in [-0.3, -0.25) is 0 Å². The number of hydrogen-bond acceptors (Lipinski definition) is 3. The molecule has 1 fully saturated rings. The van der Waals surface area contributed by atoms with Crippen molar-refractivity contribution in [1.29, 1.82) is 0 Å². The van der Waals surface area contributed by atoms with E-state index in [2.05, 4.69) is 0 Å². The predicted octanol–water partition coefficient (Wildman–Crippen LogP) is 2.05. The van der Waals surface area contributed by atoms with Crippen LogP contribution >= 0.6 is 0 Å². The minimum atomic E-state index is -2.77. The molecule has 3 nitrogen and oxygen atoms in total. The summed E-state index contributed by atoms with van der Waals surface area (Å²) in [6.07, 6.45) is 0. The zero-order chi connectivity index (χ0) is 18.6. The highest BCUT2D eigenvalue weighted by molar-refractivity contribution is 6.62. The molecule has 0 atom stereocenters. The zero-order valence-electron chi connectivity index (χ0n) is 17.2. The van der Waals surface area contributed by atoms with Crippen molar-refractivity contribution in [1.82, 2.24) is 0 Å². The Kier molecular flexibility index (Phi) is 1.80. The molecule has 0 unspecified atom stereocenters. The summed E-state index contributed by atoms with van der Waals surface area (Å²) in [4.78, 5) is 0.452. The van der Waals surface area contributed by atoms with Gasteiger partial charge in [0.2, 0.25) is 0 Å². The second kappa shape index (κ2) is 4.28. The smallest absolute Gasteiger partial charge is 0.399 e. The second-order valence-electron chi connectivity index (χ2n) is 5.52. The molecule has 1 heterocycles. The Morgan fingerprint density at radius 3 is 1.94 bits per heavy atom. The van der Waals surface area contributed by atoms with Gasteiger partial charge in [-0.05, 0) is 45.3 Å². The van der Waals surface area contributed by atoms with Gasteiger partial charge in [-0.15, -0.1) is 0 Å². The van der Waals surface area contributed by atoms with Gasteiger partial charge in [-0.1, -0.05) is 12.1 Å². The van der Waals surface area contributed by atoms with Gasteiger partial charge in [0.1, 0.15) is 0 Å². The fourth-order valence-electron chi connectivity index (χ4n) is 1.76. The van der Waals surface area contributed by atoms with E-state index in [1.807, 2.05) is 27.7 Å². The van der Waals surface area contributed by atoms with Gasteiger partial charge in [-0.25, -0.2) is 0 Å². The first kappa shape index (κ1) is 7.56. The van der Waals surface area contributed by atoms with E-state index in [0.717, 1.165) is 0 Å². The van der Waals surface area contributed by atoms with Crippen LogP contribution in [0.5, 0.6) is 0 Å². The Morgan fingerprint density at radius 2 is 1.50 bits per heavy atom. The van der Waals surface area contributed by atoms with Crippen LogP contribution in [-0.4, -0.2) is 32.3 Å². The Balaban J connectivity index is 2.29. The molecule has 0 aromatic heterocycles. The summed E-state index contributed by atoms with van der Waals surface area (Å²) in [6, 6.07) is 6.17. The Morgan fingerprint density at radius 1 is 1.00 bits per heavy atom. The molecule has 0 N–H and O–H groups in total. The van der Waals surface area contributed by atoms with Crippen molar-refractivity contribution in [3.05, 3.63) is 24.3 Å². The Bertz CT molecular complexity index is 567. The largest absolute Gasteiger partial charge is 0.494 e. The molecule has 0 saturated carbocycles. The standard InChI is InChI=1S/C14H22BNO2/c1-13(2)14(3,4)18-15(17-13)11-7-9-12(10-8-11)16(5)6/h7-10H,1-6H3/i5D3,6D3,16+1. The molecule has 1 aromatic rings. The molecule has 18 heavy (non-hydrogen) atoms. The molecule has 1 saturated heterocycles. The molecule has 2 rings (SSSR count). The molecular weight excluding hydrogens is 226 g/mol. The molecular formula is C14H22BNO2. The molecule has 4 heteroatoms. The van der Waals surface area contributed by atoms with E-state index in [4.69, 9.17) is 17.5 Å². The lowest BCUT2D eigenvalue weighted by Gasteiger charge is -2.32. The van der Waals surface area contributed by atoms with E-state index < -0.39 is 32.3 Å². The maximum Gasteiger partial charge on any atom is 0.494 e. The van der Waals surface area contributed by atoms with Gasteiger partial charge in [0.15, 0.2) is 0 Å². The molecule has 0 bridgehead atoms. The maximum atomic E-state index is 7.46. The maximum absolute atomic E-state index is 7.46. The molecule has 0 aliphatic carbocycles. The van der Waals surface area contributed by atoms with Crippen LogP contribution in [0.3, 0.4) is 0 Å². The normalized spacial score (nSPS) is 27.4. The summed E-state index contributed by atoms with van der Waals surface area (Å²) in [7, 11) is -0.585. The van der Waals surface area contributed by atoms with E-state index in [9.17, 15) is 0 Å². The van der Waals surface area contributed by atoms with Gasteiger partial charge in [0.05, 0.1) is 11.2 Å². The lowest BCUT2D eigenvalue weighted by Crippen LogP contribution is -2.41. The molecule has 0 amide bonds. The minimum Gasteiger partial charge on any atom is -0.399 e. The fraction of sp³-hybridized carbons (Fsp3) is 0.571. The first-order valence-electron chi connectivity index (χ1n) is 8.91. The monoisotopic (exact) mass is 254 g/mol. The van der Waals surface area contributed by atoms with Crippen molar-refractivity contribution in [3.63, 3.8) is 0 Å². The predicted molar refractivity (Wildman–Crippen MR) is 76.5 cm³/mol.